The molecule has 0 fully saturated rings. The molecule has 0 aliphatic heterocycles. The van der Waals surface area contributed by atoms with E-state index in [0.717, 1.165) is 28.1 Å². The summed E-state index contributed by atoms with van der Waals surface area (Å²) in [4.78, 5) is 17.6. The van der Waals surface area contributed by atoms with Gasteiger partial charge >= 0.3 is 0 Å². The first kappa shape index (κ1) is 18.0. The molecule has 0 spiro atoms. The highest BCUT2D eigenvalue weighted by molar-refractivity contribution is 7.99. The van der Waals surface area contributed by atoms with E-state index in [4.69, 9.17) is 16.3 Å². The van der Waals surface area contributed by atoms with Crippen LogP contribution in [0, 0.1) is 0 Å². The Morgan fingerprint density at radius 3 is 2.80 bits per heavy atom. The number of anilines is 1. The van der Waals surface area contributed by atoms with Crippen LogP contribution in [0.5, 0.6) is 5.75 Å². The number of aromatic nitrogens is 1. The number of amides is 1. The summed E-state index contributed by atoms with van der Waals surface area (Å²) in [5, 5.41) is 4.05. The summed E-state index contributed by atoms with van der Waals surface area (Å²) in [6, 6.07) is 13.5. The molecule has 130 valence electrons. The number of ether oxygens (including phenoxy) is 1. The molecular formula is C18H17ClN2O2S2. The van der Waals surface area contributed by atoms with E-state index in [1.807, 2.05) is 36.4 Å². The third kappa shape index (κ3) is 4.87. The van der Waals surface area contributed by atoms with Crippen molar-refractivity contribution in [2.75, 3.05) is 18.2 Å². The SMILES string of the molecule is COc1ccc(SCCCC(=O)Nc2nc3c(Cl)cccc3s2)cc1. The van der Waals surface area contributed by atoms with E-state index in [0.29, 0.717) is 16.6 Å². The van der Waals surface area contributed by atoms with Gasteiger partial charge in [-0.05, 0) is 48.6 Å². The zero-order valence-electron chi connectivity index (χ0n) is 13.6. The number of carbonyl (C=O) groups excluding carboxylic acids is 1. The minimum absolute atomic E-state index is 0.0227. The van der Waals surface area contributed by atoms with Crippen LogP contribution in [-0.4, -0.2) is 23.8 Å². The molecule has 0 bridgehead atoms. The van der Waals surface area contributed by atoms with Gasteiger partial charge in [0.05, 0.1) is 16.8 Å². The molecule has 0 aliphatic carbocycles. The summed E-state index contributed by atoms with van der Waals surface area (Å²) >= 11 is 9.27. The van der Waals surface area contributed by atoms with Gasteiger partial charge in [-0.3, -0.25) is 4.79 Å². The number of hydrogen-bond donors (Lipinski definition) is 1. The van der Waals surface area contributed by atoms with Crippen molar-refractivity contribution in [1.82, 2.24) is 4.98 Å². The summed E-state index contributed by atoms with van der Waals surface area (Å²) < 4.78 is 6.11. The first-order valence-corrected chi connectivity index (χ1v) is 9.95. The van der Waals surface area contributed by atoms with E-state index < -0.39 is 0 Å². The molecule has 1 heterocycles. The number of benzene rings is 2. The highest BCUT2D eigenvalue weighted by Crippen LogP contribution is 2.30. The molecule has 0 saturated carbocycles. The summed E-state index contributed by atoms with van der Waals surface area (Å²) in [5.74, 6) is 1.70. The Balaban J connectivity index is 1.45. The van der Waals surface area contributed by atoms with Gasteiger partial charge in [0.2, 0.25) is 5.91 Å². The molecule has 3 aromatic rings. The van der Waals surface area contributed by atoms with Crippen molar-refractivity contribution in [2.24, 2.45) is 0 Å². The minimum atomic E-state index is -0.0227. The van der Waals surface area contributed by atoms with Gasteiger partial charge in [0.15, 0.2) is 5.13 Å². The molecule has 3 rings (SSSR count). The standard InChI is InChI=1S/C18H17ClN2O2S2/c1-23-12-7-9-13(10-8-12)24-11-3-6-16(22)20-18-21-17-14(19)4-2-5-15(17)25-18/h2,4-5,7-10H,3,6,11H2,1H3,(H,20,21,22). The van der Waals surface area contributed by atoms with Crippen molar-refractivity contribution in [2.45, 2.75) is 17.7 Å². The lowest BCUT2D eigenvalue weighted by molar-refractivity contribution is -0.116. The molecule has 4 nitrogen and oxygen atoms in total. The van der Waals surface area contributed by atoms with Crippen LogP contribution in [0.25, 0.3) is 10.2 Å². The lowest BCUT2D eigenvalue weighted by atomic mass is 10.3. The second-order valence-electron chi connectivity index (χ2n) is 5.28. The molecule has 1 amide bonds. The van der Waals surface area contributed by atoms with E-state index in [9.17, 15) is 4.79 Å². The molecule has 2 aromatic carbocycles. The first-order valence-electron chi connectivity index (χ1n) is 7.77. The Morgan fingerprint density at radius 1 is 1.28 bits per heavy atom. The van der Waals surface area contributed by atoms with E-state index in [1.54, 1.807) is 24.9 Å². The fourth-order valence-electron chi connectivity index (χ4n) is 2.24. The van der Waals surface area contributed by atoms with Crippen molar-refractivity contribution in [1.29, 1.82) is 0 Å². The van der Waals surface area contributed by atoms with Crippen molar-refractivity contribution in [3.05, 3.63) is 47.5 Å². The summed E-state index contributed by atoms with van der Waals surface area (Å²) in [7, 11) is 1.65. The van der Waals surface area contributed by atoms with Crippen LogP contribution in [0.2, 0.25) is 5.02 Å². The number of halogens is 1. The topological polar surface area (TPSA) is 51.2 Å². The van der Waals surface area contributed by atoms with E-state index in [-0.39, 0.29) is 5.91 Å². The number of nitrogens with one attached hydrogen (secondary N) is 1. The van der Waals surface area contributed by atoms with Crippen LogP contribution in [0.1, 0.15) is 12.8 Å². The van der Waals surface area contributed by atoms with Gasteiger partial charge in [-0.15, -0.1) is 11.8 Å². The molecule has 1 aromatic heterocycles. The van der Waals surface area contributed by atoms with Gasteiger partial charge in [0.25, 0.3) is 0 Å². The maximum atomic E-state index is 12.1. The lowest BCUT2D eigenvalue weighted by Crippen LogP contribution is -2.11. The fourth-order valence-corrected chi connectivity index (χ4v) is 4.28. The van der Waals surface area contributed by atoms with Crippen LogP contribution in [0.15, 0.2) is 47.4 Å². The average molecular weight is 393 g/mol. The zero-order valence-corrected chi connectivity index (χ0v) is 16.0. The van der Waals surface area contributed by atoms with E-state index >= 15 is 0 Å². The third-order valence-electron chi connectivity index (χ3n) is 3.49. The summed E-state index contributed by atoms with van der Waals surface area (Å²) in [5.41, 5.74) is 0.736. The van der Waals surface area contributed by atoms with Gasteiger partial charge in [0, 0.05) is 11.3 Å². The van der Waals surface area contributed by atoms with Gasteiger partial charge in [-0.1, -0.05) is 29.0 Å². The normalized spacial score (nSPS) is 10.8. The first-order chi connectivity index (χ1) is 12.2. The predicted octanol–water partition coefficient (Wildman–Crippen LogP) is 5.47. The number of fused-ring (bicyclic) bond motifs is 1. The van der Waals surface area contributed by atoms with Gasteiger partial charge in [0.1, 0.15) is 11.3 Å². The number of rotatable bonds is 7. The maximum Gasteiger partial charge on any atom is 0.226 e. The Kier molecular flexibility index (Phi) is 6.18. The second-order valence-corrected chi connectivity index (χ2v) is 7.89. The van der Waals surface area contributed by atoms with Crippen molar-refractivity contribution in [3.8, 4) is 5.75 Å². The second kappa shape index (κ2) is 8.56. The lowest BCUT2D eigenvalue weighted by Gasteiger charge is -2.04. The highest BCUT2D eigenvalue weighted by Gasteiger charge is 2.09. The highest BCUT2D eigenvalue weighted by atomic mass is 35.5. The largest absolute Gasteiger partial charge is 0.497 e. The Labute approximate surface area is 159 Å². The third-order valence-corrected chi connectivity index (χ3v) is 5.83. The van der Waals surface area contributed by atoms with Crippen LogP contribution < -0.4 is 10.1 Å². The molecule has 0 saturated heterocycles. The van der Waals surface area contributed by atoms with Gasteiger partial charge in [-0.25, -0.2) is 4.98 Å². The van der Waals surface area contributed by atoms with E-state index in [2.05, 4.69) is 10.3 Å². The van der Waals surface area contributed by atoms with Crippen molar-refractivity contribution >= 4 is 56.0 Å². The number of nitrogens with zero attached hydrogens (tertiary/aromatic N) is 1. The van der Waals surface area contributed by atoms with Gasteiger partial charge < -0.3 is 10.1 Å². The number of para-hydroxylation sites is 1. The van der Waals surface area contributed by atoms with Crippen LogP contribution >= 0.6 is 34.7 Å². The minimum Gasteiger partial charge on any atom is -0.497 e. The quantitative estimate of drug-likeness (QED) is 0.428. The predicted molar refractivity (Wildman–Crippen MR) is 106 cm³/mol. The number of thiazole rings is 1. The zero-order chi connectivity index (χ0) is 17.6. The average Bonchev–Trinajstić information content (AvgIpc) is 3.03. The molecule has 0 unspecified atom stereocenters. The number of thioether (sulfide) groups is 1. The molecule has 0 atom stereocenters. The monoisotopic (exact) mass is 392 g/mol. The fraction of sp³-hybridized carbons (Fsp3) is 0.222. The van der Waals surface area contributed by atoms with Crippen LogP contribution in [0.3, 0.4) is 0 Å². The molecule has 7 heteroatoms. The molecule has 0 aliphatic rings. The Morgan fingerprint density at radius 2 is 2.08 bits per heavy atom. The molecule has 0 radical (unpaired) electrons. The number of hydrogen-bond acceptors (Lipinski definition) is 5. The number of methoxy groups -OCH3 is 1. The number of carbonyl (C=O) groups is 1. The Bertz CT molecular complexity index is 865. The van der Waals surface area contributed by atoms with Crippen molar-refractivity contribution in [3.63, 3.8) is 0 Å². The van der Waals surface area contributed by atoms with Crippen LogP contribution in [0.4, 0.5) is 5.13 Å². The van der Waals surface area contributed by atoms with Gasteiger partial charge in [-0.2, -0.15) is 0 Å². The molecule has 1 N–H and O–H groups in total. The van der Waals surface area contributed by atoms with Crippen molar-refractivity contribution < 1.29 is 9.53 Å². The van der Waals surface area contributed by atoms with E-state index in [1.165, 1.54) is 16.2 Å². The molecular weight excluding hydrogens is 376 g/mol. The summed E-state index contributed by atoms with van der Waals surface area (Å²) in [6.07, 6.45) is 1.26. The molecule has 25 heavy (non-hydrogen) atoms. The van der Waals surface area contributed by atoms with Crippen LogP contribution in [-0.2, 0) is 4.79 Å². The maximum absolute atomic E-state index is 12.1. The summed E-state index contributed by atoms with van der Waals surface area (Å²) in [6.45, 7) is 0. The Hall–Kier alpha value is -1.76. The smallest absolute Gasteiger partial charge is 0.226 e.